The van der Waals surface area contributed by atoms with Crippen molar-refractivity contribution in [1.82, 2.24) is 4.57 Å². The molecule has 0 fully saturated rings. The summed E-state index contributed by atoms with van der Waals surface area (Å²) in [4.78, 5) is 0. The average Bonchev–Trinajstić information content (AvgIpc) is 2.81. The van der Waals surface area contributed by atoms with Gasteiger partial charge in [0.25, 0.3) is 0 Å². The topological polar surface area (TPSA) is 28.7 Å². The lowest BCUT2D eigenvalue weighted by Crippen LogP contribution is -1.96. The molecule has 2 rings (SSSR count). The van der Waals surface area contributed by atoms with Crippen LogP contribution in [-0.4, -0.2) is 4.57 Å². The maximum absolute atomic E-state index is 8.94. The fraction of sp³-hybridized carbons (Fsp3) is 0.438. The number of aromatic nitrogens is 1. The summed E-state index contributed by atoms with van der Waals surface area (Å²) in [7, 11) is 0. The van der Waals surface area contributed by atoms with Crippen LogP contribution in [-0.2, 0) is 6.54 Å². The third kappa shape index (κ3) is 2.92. The lowest BCUT2D eigenvalue weighted by atomic mass is 10.1. The Kier molecular flexibility index (Phi) is 4.41. The highest BCUT2D eigenvalue weighted by molar-refractivity contribution is 5.81. The fourth-order valence-corrected chi connectivity index (χ4v) is 2.33. The van der Waals surface area contributed by atoms with Crippen molar-refractivity contribution in [2.45, 2.75) is 45.6 Å². The quantitative estimate of drug-likeness (QED) is 0.684. The Hall–Kier alpha value is -1.75. The monoisotopic (exact) mass is 240 g/mol. The van der Waals surface area contributed by atoms with Gasteiger partial charge in [-0.05, 0) is 30.0 Å². The van der Waals surface area contributed by atoms with E-state index in [-0.39, 0.29) is 0 Å². The molecule has 1 heterocycles. The van der Waals surface area contributed by atoms with Gasteiger partial charge in [0.1, 0.15) is 0 Å². The van der Waals surface area contributed by atoms with E-state index in [0.717, 1.165) is 12.1 Å². The minimum atomic E-state index is 0.744. The van der Waals surface area contributed by atoms with E-state index in [1.807, 2.05) is 18.2 Å². The second-order valence-electron chi connectivity index (χ2n) is 4.81. The van der Waals surface area contributed by atoms with Crippen LogP contribution in [0.1, 0.15) is 44.6 Å². The maximum Gasteiger partial charge on any atom is 0.0992 e. The highest BCUT2D eigenvalue weighted by Gasteiger charge is 2.02. The first-order chi connectivity index (χ1) is 8.85. The summed E-state index contributed by atoms with van der Waals surface area (Å²) >= 11 is 0. The molecule has 0 radical (unpaired) electrons. The molecular weight excluding hydrogens is 220 g/mol. The van der Waals surface area contributed by atoms with Crippen molar-refractivity contribution in [3.05, 3.63) is 36.0 Å². The van der Waals surface area contributed by atoms with Crippen LogP contribution in [0.3, 0.4) is 0 Å². The lowest BCUT2D eigenvalue weighted by Gasteiger charge is -2.05. The van der Waals surface area contributed by atoms with Gasteiger partial charge in [-0.3, -0.25) is 0 Å². The van der Waals surface area contributed by atoms with Gasteiger partial charge in [0.05, 0.1) is 11.6 Å². The molecule has 1 aromatic carbocycles. The van der Waals surface area contributed by atoms with Crippen LogP contribution < -0.4 is 0 Å². The summed E-state index contributed by atoms with van der Waals surface area (Å²) < 4.78 is 2.27. The first kappa shape index (κ1) is 12.7. The van der Waals surface area contributed by atoms with Crippen molar-refractivity contribution < 1.29 is 0 Å². The van der Waals surface area contributed by atoms with Crippen LogP contribution in [0.25, 0.3) is 10.9 Å². The van der Waals surface area contributed by atoms with E-state index in [1.165, 1.54) is 43.0 Å². The molecule has 0 unspecified atom stereocenters. The van der Waals surface area contributed by atoms with Crippen LogP contribution in [0.4, 0.5) is 0 Å². The number of rotatable bonds is 6. The first-order valence-electron chi connectivity index (χ1n) is 6.84. The normalized spacial score (nSPS) is 10.7. The molecule has 0 atom stereocenters. The van der Waals surface area contributed by atoms with Crippen molar-refractivity contribution in [2.75, 3.05) is 0 Å². The summed E-state index contributed by atoms with van der Waals surface area (Å²) in [5.74, 6) is 0. The highest BCUT2D eigenvalue weighted by atomic mass is 14.9. The second kappa shape index (κ2) is 6.26. The van der Waals surface area contributed by atoms with Crippen LogP contribution >= 0.6 is 0 Å². The first-order valence-corrected chi connectivity index (χ1v) is 6.84. The smallest absolute Gasteiger partial charge is 0.0992 e. The predicted molar refractivity (Wildman–Crippen MR) is 75.4 cm³/mol. The number of hydrogen-bond donors (Lipinski definition) is 0. The number of aryl methyl sites for hydroxylation is 1. The van der Waals surface area contributed by atoms with E-state index in [1.54, 1.807) is 0 Å². The average molecular weight is 240 g/mol. The molecule has 2 aromatic rings. The maximum atomic E-state index is 8.94. The number of hydrogen-bond acceptors (Lipinski definition) is 1. The molecule has 0 amide bonds. The summed E-state index contributed by atoms with van der Waals surface area (Å²) in [5.41, 5.74) is 1.93. The Morgan fingerprint density at radius 2 is 1.94 bits per heavy atom. The van der Waals surface area contributed by atoms with Gasteiger partial charge >= 0.3 is 0 Å². The standard InChI is InChI=1S/C16H20N2/c1-2-3-4-5-6-10-18-11-9-15-8-7-14(13-17)12-16(15)18/h7-9,11-12H,2-6,10H2,1H3. The number of nitriles is 1. The molecule has 18 heavy (non-hydrogen) atoms. The molecular formula is C16H20N2. The lowest BCUT2D eigenvalue weighted by molar-refractivity contribution is 0.577. The number of unbranched alkanes of at least 4 members (excludes halogenated alkanes) is 4. The van der Waals surface area contributed by atoms with Crippen LogP contribution in [0.5, 0.6) is 0 Å². The Morgan fingerprint density at radius 3 is 2.72 bits per heavy atom. The highest BCUT2D eigenvalue weighted by Crippen LogP contribution is 2.18. The zero-order chi connectivity index (χ0) is 12.8. The van der Waals surface area contributed by atoms with Crippen LogP contribution in [0, 0.1) is 11.3 Å². The minimum absolute atomic E-state index is 0.744. The predicted octanol–water partition coefficient (Wildman–Crippen LogP) is 4.48. The summed E-state index contributed by atoms with van der Waals surface area (Å²) in [6, 6.07) is 10.2. The molecule has 0 saturated carbocycles. The van der Waals surface area contributed by atoms with Crippen molar-refractivity contribution in [3.8, 4) is 6.07 Å². The molecule has 2 nitrogen and oxygen atoms in total. The van der Waals surface area contributed by atoms with E-state index in [9.17, 15) is 0 Å². The fourth-order valence-electron chi connectivity index (χ4n) is 2.33. The van der Waals surface area contributed by atoms with E-state index >= 15 is 0 Å². The van der Waals surface area contributed by atoms with Crippen molar-refractivity contribution in [3.63, 3.8) is 0 Å². The molecule has 0 aliphatic heterocycles. The number of benzene rings is 1. The van der Waals surface area contributed by atoms with Gasteiger partial charge in [-0.15, -0.1) is 0 Å². The van der Waals surface area contributed by atoms with Crippen LogP contribution in [0.15, 0.2) is 30.5 Å². The summed E-state index contributed by atoms with van der Waals surface area (Å²) in [6.07, 6.45) is 8.61. The van der Waals surface area contributed by atoms with Gasteiger partial charge in [-0.25, -0.2) is 0 Å². The number of nitrogens with zero attached hydrogens (tertiary/aromatic N) is 2. The Morgan fingerprint density at radius 1 is 1.11 bits per heavy atom. The van der Waals surface area contributed by atoms with Gasteiger partial charge < -0.3 is 4.57 Å². The zero-order valence-corrected chi connectivity index (χ0v) is 11.0. The molecule has 0 bridgehead atoms. The summed E-state index contributed by atoms with van der Waals surface area (Å²) in [6.45, 7) is 3.30. The van der Waals surface area contributed by atoms with Gasteiger partial charge in [-0.2, -0.15) is 5.26 Å². The third-order valence-corrected chi connectivity index (χ3v) is 3.41. The van der Waals surface area contributed by atoms with E-state index in [0.29, 0.717) is 0 Å². The van der Waals surface area contributed by atoms with E-state index in [2.05, 4.69) is 29.8 Å². The van der Waals surface area contributed by atoms with Gasteiger partial charge in [0.2, 0.25) is 0 Å². The van der Waals surface area contributed by atoms with Crippen molar-refractivity contribution in [2.24, 2.45) is 0 Å². The van der Waals surface area contributed by atoms with Gasteiger partial charge in [0, 0.05) is 18.3 Å². The molecule has 0 saturated heterocycles. The Labute approximate surface area is 109 Å². The van der Waals surface area contributed by atoms with E-state index in [4.69, 9.17) is 5.26 Å². The van der Waals surface area contributed by atoms with Crippen molar-refractivity contribution in [1.29, 1.82) is 5.26 Å². The van der Waals surface area contributed by atoms with E-state index < -0.39 is 0 Å². The molecule has 0 aliphatic carbocycles. The largest absolute Gasteiger partial charge is 0.347 e. The van der Waals surface area contributed by atoms with Gasteiger partial charge in [-0.1, -0.05) is 38.7 Å². The van der Waals surface area contributed by atoms with Crippen molar-refractivity contribution >= 4 is 10.9 Å². The molecule has 2 heteroatoms. The minimum Gasteiger partial charge on any atom is -0.347 e. The Bertz CT molecular complexity index is 546. The molecule has 0 spiro atoms. The number of fused-ring (bicyclic) bond motifs is 1. The SMILES string of the molecule is CCCCCCCn1ccc2ccc(C#N)cc21. The Balaban J connectivity index is 2.02. The molecule has 0 N–H and O–H groups in total. The van der Waals surface area contributed by atoms with Gasteiger partial charge in [0.15, 0.2) is 0 Å². The third-order valence-electron chi connectivity index (χ3n) is 3.41. The molecule has 0 aliphatic rings. The molecule has 1 aromatic heterocycles. The molecule has 94 valence electrons. The zero-order valence-electron chi connectivity index (χ0n) is 11.0. The van der Waals surface area contributed by atoms with Crippen LogP contribution in [0.2, 0.25) is 0 Å². The summed E-state index contributed by atoms with van der Waals surface area (Å²) in [5, 5.41) is 10.2. The second-order valence-corrected chi connectivity index (χ2v) is 4.81.